The van der Waals surface area contributed by atoms with Crippen molar-refractivity contribution >= 4 is 0 Å². The Bertz CT molecular complexity index is 5180. The number of para-hydroxylation sites is 4. The summed E-state index contributed by atoms with van der Waals surface area (Å²) in [5.41, 5.74) is 34.2. The Kier molecular flexibility index (Phi) is 49.4. The molecular formula is C112H140O4Ti4. The molecule has 0 heterocycles. The van der Waals surface area contributed by atoms with Gasteiger partial charge < -0.3 is 110 Å². The van der Waals surface area contributed by atoms with E-state index in [9.17, 15) is 20.4 Å². The third-order valence-electron chi connectivity index (χ3n) is 23.5. The van der Waals surface area contributed by atoms with Crippen molar-refractivity contribution in [1.29, 1.82) is 0 Å². The predicted octanol–water partition coefficient (Wildman–Crippen LogP) is 33.0. The molecule has 12 aromatic rings. The van der Waals surface area contributed by atoms with Crippen molar-refractivity contribution in [3.8, 4) is 112 Å². The first-order valence-corrected chi connectivity index (χ1v) is 38.4. The molecule has 4 N–H and O–H groups in total. The summed E-state index contributed by atoms with van der Waals surface area (Å²) in [4.78, 5) is 0. The third kappa shape index (κ3) is 21.9. The minimum Gasteiger partial charge on any atom is -0.507 e. The molecule has 0 bridgehead atoms. The first-order valence-electron chi connectivity index (χ1n) is 38.4. The van der Waals surface area contributed by atoms with Crippen molar-refractivity contribution < 1.29 is 107 Å². The maximum atomic E-state index is 11.0. The minimum atomic E-state index is -0.0206. The normalized spacial score (nSPS) is 12.0. The maximum absolute atomic E-state index is 11.0. The molecule has 0 aromatic heterocycles. The van der Waals surface area contributed by atoms with Gasteiger partial charge in [-0.25, -0.2) is 0 Å². The summed E-state index contributed by atoms with van der Waals surface area (Å²) in [5.74, 6) is 2.88. The molecule has 628 valence electrons. The molecule has 0 saturated carbocycles. The molecule has 4 aliphatic rings. The number of hydrogen-bond acceptors (Lipinski definition) is 4. The summed E-state index contributed by atoms with van der Waals surface area (Å²) in [6.07, 6.45) is 7.77. The van der Waals surface area contributed by atoms with Crippen LogP contribution in [0.15, 0.2) is 243 Å². The van der Waals surface area contributed by atoms with E-state index in [1.54, 1.807) is 0 Å². The topological polar surface area (TPSA) is 80.9 Å². The number of hydrogen-bond donors (Lipinski definition) is 4. The number of fused-ring (bicyclic) bond motifs is 12. The molecular weight excluding hydrogens is 1600 g/mol. The zero-order valence-corrected chi connectivity index (χ0v) is 83.9. The van der Waals surface area contributed by atoms with Gasteiger partial charge in [-0.15, -0.1) is 0 Å². The maximum Gasteiger partial charge on any atom is 3.00 e. The molecule has 4 nitrogen and oxygen atoms in total. The first-order chi connectivity index (χ1) is 50.1. The van der Waals surface area contributed by atoms with Crippen molar-refractivity contribution in [3.63, 3.8) is 0 Å². The smallest absolute Gasteiger partial charge is 0.507 e. The number of aromatic hydroxyl groups is 4. The Labute approximate surface area is 792 Å². The average molecular weight is 1740 g/mol. The molecule has 0 saturated heterocycles. The minimum absolute atomic E-state index is 0. The van der Waals surface area contributed by atoms with Gasteiger partial charge in [-0.05, 0) is 207 Å². The van der Waals surface area contributed by atoms with Crippen LogP contribution < -0.4 is 0 Å². The fraction of sp³-hybridized carbons (Fsp3) is 0.250. The van der Waals surface area contributed by atoms with Crippen molar-refractivity contribution in [2.75, 3.05) is 0 Å². The Morgan fingerprint density at radius 3 is 0.842 bits per heavy atom. The Hall–Kier alpha value is -7.30. The largest absolute Gasteiger partial charge is 3.00 e. The molecule has 0 fully saturated rings. The van der Waals surface area contributed by atoms with Crippen molar-refractivity contribution in [3.05, 3.63) is 399 Å². The van der Waals surface area contributed by atoms with E-state index in [2.05, 4.69) is 279 Å². The zero-order chi connectivity index (χ0) is 73.5. The van der Waals surface area contributed by atoms with E-state index in [4.69, 9.17) is 0 Å². The van der Waals surface area contributed by atoms with E-state index in [1.807, 2.05) is 60.7 Å². The quantitative estimate of drug-likeness (QED) is 0.0646. The number of rotatable bonds is 14. The summed E-state index contributed by atoms with van der Waals surface area (Å²) in [6.45, 7) is 30.7. The van der Waals surface area contributed by atoms with Crippen LogP contribution in [-0.2, 0) is 110 Å². The van der Waals surface area contributed by atoms with E-state index in [1.165, 1.54) is 89.0 Å². The first kappa shape index (κ1) is 119. The molecule has 0 spiro atoms. The van der Waals surface area contributed by atoms with E-state index in [-0.39, 0.29) is 192 Å². The Morgan fingerprint density at radius 1 is 0.250 bits per heavy atom. The molecule has 120 heavy (non-hydrogen) atoms. The summed E-state index contributed by atoms with van der Waals surface area (Å²) in [6, 6.07) is 86.1. The summed E-state index contributed by atoms with van der Waals surface area (Å²) in [5, 5.41) is 43.3. The monoisotopic (exact) mass is 1740 g/mol. The van der Waals surface area contributed by atoms with Crippen molar-refractivity contribution in [1.82, 2.24) is 0 Å². The summed E-state index contributed by atoms with van der Waals surface area (Å²) < 4.78 is 0. The van der Waals surface area contributed by atoms with Gasteiger partial charge in [-0.2, -0.15) is 0 Å². The number of phenols is 4. The molecule has 12 aromatic carbocycles. The molecule has 4 radical (unpaired) electrons. The van der Waals surface area contributed by atoms with Crippen LogP contribution in [0.1, 0.15) is 226 Å². The number of benzene rings is 12. The number of phenolic OH excluding ortho intramolecular Hbond substituents is 4. The van der Waals surface area contributed by atoms with Gasteiger partial charge in [0.25, 0.3) is 0 Å². The van der Waals surface area contributed by atoms with Crippen molar-refractivity contribution in [2.24, 2.45) is 0 Å². The van der Waals surface area contributed by atoms with Gasteiger partial charge in [-0.1, -0.05) is 334 Å². The van der Waals surface area contributed by atoms with Gasteiger partial charge in [-0.3, -0.25) is 0 Å². The second-order valence-corrected chi connectivity index (χ2v) is 31.2. The summed E-state index contributed by atoms with van der Waals surface area (Å²) in [7, 11) is 0. The SMILES string of the molecule is CC(C)c1cccc(-c2ccc3c(c2)C(C)(C)c2ccccc2-3)c1O.CC(C)c1cccc(-c2ccc3c(c2)Cc2ccccc2-3)c1O.CCC1(CC)c2ccccc2-c2ccc(-c3cccc(C(C)C)c3O)cc21.CCCC1(CCC)c2ccccc2-c2ccc(-c3cccc(C(C)C)c3O)cc21.[CH3-].[CH3-].[CH3-].[CH3-].[CH3-].[CH3-].[CH3-].[CH3-].[CH3-].[CH3-].[CH3-].[CH3-].[Ti+3].[Ti+3].[Ti+3].[Ti+3]. The predicted molar refractivity (Wildman–Crippen MR) is 516 cm³/mol. The van der Waals surface area contributed by atoms with Crippen LogP contribution in [0.3, 0.4) is 0 Å². The standard InChI is InChI=1S/C28H32O.C26H28O.C24H24O.C22H20O.12CH3.4Ti/c1-5-16-28(17-6-2)25-13-8-7-10-23(25)24-15-14-20(18-26(24)28)22-12-9-11-21(19(3)4)27(22)29;1-5-26(6-2)23-13-8-7-10-21(23)22-15-14-18(16-24(22)26)20-12-9-11-19(17(3)4)25(20)27;1-15(2)17-9-7-10-18(23(17)25)16-12-13-20-19-8-5-6-11-21(19)24(3,4)22(20)14-16;1-14(2)18-8-5-9-21(22(18)23)16-10-11-20-17(13-16)12-15-6-3-4-7-19(15)20;;;;;;;;;;;;;;;;/h7-15,18-19,29H,5-6,16-17H2,1-4H3;7-17,27H,5-6H2,1-4H3;5-15,25H,1-4H3;3-11,13-14,23H,12H2,1-2H3;12*1H3;;;;/q;;;;12*-1;4*+3. The van der Waals surface area contributed by atoms with Crippen LogP contribution in [0.4, 0.5) is 0 Å². The average Bonchev–Trinajstić information content (AvgIpc) is 1.57. The van der Waals surface area contributed by atoms with E-state index in [0.29, 0.717) is 46.7 Å². The van der Waals surface area contributed by atoms with Crippen LogP contribution in [0, 0.1) is 89.1 Å². The van der Waals surface area contributed by atoms with Gasteiger partial charge >= 0.3 is 86.9 Å². The molecule has 0 aliphatic heterocycles. The molecule has 0 amide bonds. The van der Waals surface area contributed by atoms with E-state index in [0.717, 1.165) is 112 Å². The second kappa shape index (κ2) is 49.9. The van der Waals surface area contributed by atoms with Gasteiger partial charge in [0.1, 0.15) is 23.0 Å². The van der Waals surface area contributed by atoms with Crippen LogP contribution >= 0.6 is 0 Å². The third-order valence-corrected chi connectivity index (χ3v) is 23.5. The van der Waals surface area contributed by atoms with E-state index >= 15 is 0 Å². The molecule has 8 heteroatoms. The van der Waals surface area contributed by atoms with E-state index < -0.39 is 0 Å². The van der Waals surface area contributed by atoms with Crippen LogP contribution in [0.5, 0.6) is 23.0 Å². The summed E-state index contributed by atoms with van der Waals surface area (Å²) >= 11 is 0. The van der Waals surface area contributed by atoms with Gasteiger partial charge in [0, 0.05) is 38.5 Å². The molecule has 4 aliphatic carbocycles. The Morgan fingerprint density at radius 2 is 0.500 bits per heavy atom. The van der Waals surface area contributed by atoms with Crippen molar-refractivity contribution in [2.45, 2.75) is 182 Å². The molecule has 16 rings (SSSR count). The van der Waals surface area contributed by atoms with Gasteiger partial charge in [0.05, 0.1) is 0 Å². The van der Waals surface area contributed by atoms with Gasteiger partial charge in [0.2, 0.25) is 0 Å². The second-order valence-electron chi connectivity index (χ2n) is 31.2. The zero-order valence-electron chi connectivity index (χ0n) is 77.6. The van der Waals surface area contributed by atoms with Crippen LogP contribution in [0.25, 0.3) is 89.0 Å². The fourth-order valence-corrected chi connectivity index (χ4v) is 18.0. The molecule has 0 unspecified atom stereocenters. The van der Waals surface area contributed by atoms with Gasteiger partial charge in [0.15, 0.2) is 0 Å². The van der Waals surface area contributed by atoms with Crippen LogP contribution in [0.2, 0.25) is 0 Å². The molecule has 0 atom stereocenters. The van der Waals surface area contributed by atoms with Crippen LogP contribution in [-0.4, -0.2) is 20.4 Å². The Balaban J connectivity index is -0.000000717. The fourth-order valence-electron chi connectivity index (χ4n) is 18.0.